The Kier molecular flexibility index (Phi) is 5.64. The molecule has 2 aliphatic heterocycles. The van der Waals surface area contributed by atoms with Gasteiger partial charge in [-0.05, 0) is 59.4 Å². The van der Waals surface area contributed by atoms with E-state index < -0.39 is 0 Å². The van der Waals surface area contributed by atoms with Crippen molar-refractivity contribution in [1.29, 1.82) is 5.26 Å². The molecule has 2 atom stereocenters. The lowest BCUT2D eigenvalue weighted by Crippen LogP contribution is -2.23. The first-order valence-corrected chi connectivity index (χ1v) is 12.8. The van der Waals surface area contributed by atoms with Crippen molar-refractivity contribution >= 4 is 28.8 Å². The maximum absolute atomic E-state index is 9.16. The molecular formula is C31H25N3S. The normalized spacial score (nSPS) is 20.7. The second kappa shape index (κ2) is 9.09. The number of benzene rings is 3. The van der Waals surface area contributed by atoms with E-state index in [9.17, 15) is 0 Å². The average Bonchev–Trinajstić information content (AvgIpc) is 2.92. The Morgan fingerprint density at radius 2 is 1.83 bits per heavy atom. The molecule has 3 aromatic carbocycles. The van der Waals surface area contributed by atoms with E-state index in [0.29, 0.717) is 18.2 Å². The van der Waals surface area contributed by atoms with Crippen molar-refractivity contribution in [1.82, 2.24) is 0 Å². The molecule has 0 N–H and O–H groups in total. The van der Waals surface area contributed by atoms with E-state index in [1.165, 1.54) is 43.6 Å². The van der Waals surface area contributed by atoms with Gasteiger partial charge in [-0.1, -0.05) is 85.4 Å². The summed E-state index contributed by atoms with van der Waals surface area (Å²) in [7, 11) is 0. The highest BCUT2D eigenvalue weighted by Gasteiger charge is 2.29. The van der Waals surface area contributed by atoms with Gasteiger partial charge in [-0.15, -0.1) is 0 Å². The highest BCUT2D eigenvalue weighted by molar-refractivity contribution is 8.03. The first kappa shape index (κ1) is 21.7. The lowest BCUT2D eigenvalue weighted by atomic mass is 9.89. The fourth-order valence-corrected chi connectivity index (χ4v) is 6.18. The topological polar surface area (TPSA) is 39.4 Å². The van der Waals surface area contributed by atoms with E-state index in [1.807, 2.05) is 17.8 Å². The molecule has 1 aliphatic carbocycles. The summed E-state index contributed by atoms with van der Waals surface area (Å²) >= 11 is 1.87. The highest BCUT2D eigenvalue weighted by Crippen LogP contribution is 2.50. The van der Waals surface area contributed by atoms with Crippen LogP contribution in [0, 0.1) is 17.2 Å². The maximum atomic E-state index is 9.16. The molecule has 0 aromatic heterocycles. The Bertz CT molecular complexity index is 1470. The van der Waals surface area contributed by atoms with Gasteiger partial charge in [-0.3, -0.25) is 4.99 Å². The number of fused-ring (bicyclic) bond motifs is 1. The lowest BCUT2D eigenvalue weighted by Gasteiger charge is -2.37. The summed E-state index contributed by atoms with van der Waals surface area (Å²) in [5, 5.41) is 9.16. The summed E-state index contributed by atoms with van der Waals surface area (Å²) in [5.74, 6) is 0.681. The van der Waals surface area contributed by atoms with Crippen molar-refractivity contribution in [2.24, 2.45) is 10.9 Å². The first-order chi connectivity index (χ1) is 17.2. The summed E-state index contributed by atoms with van der Waals surface area (Å²) in [5.41, 5.74) is 7.96. The molecule has 2 heterocycles. The van der Waals surface area contributed by atoms with Crippen LogP contribution in [0.25, 0.3) is 11.1 Å². The minimum atomic E-state index is 0.165. The van der Waals surface area contributed by atoms with Gasteiger partial charge in [0.1, 0.15) is 11.8 Å². The largest absolute Gasteiger partial charge is 0.312 e. The smallest absolute Gasteiger partial charge is 0.134 e. The molecule has 0 spiro atoms. The molecule has 0 amide bonds. The summed E-state index contributed by atoms with van der Waals surface area (Å²) in [4.78, 5) is 9.54. The van der Waals surface area contributed by atoms with Crippen molar-refractivity contribution in [3.8, 4) is 17.2 Å². The maximum Gasteiger partial charge on any atom is 0.134 e. The van der Waals surface area contributed by atoms with Gasteiger partial charge < -0.3 is 4.90 Å². The number of nitrogens with zero attached hydrogens (tertiary/aromatic N) is 3. The molecule has 6 rings (SSSR count). The van der Waals surface area contributed by atoms with Crippen molar-refractivity contribution in [2.75, 3.05) is 11.4 Å². The molecule has 170 valence electrons. The molecule has 3 aliphatic rings. The number of dihydropyridines is 1. The molecular weight excluding hydrogens is 446 g/mol. The molecule has 4 heteroatoms. The van der Waals surface area contributed by atoms with E-state index >= 15 is 0 Å². The number of rotatable bonds is 3. The number of para-hydroxylation sites is 1. The first-order valence-electron chi connectivity index (χ1n) is 12.0. The highest BCUT2D eigenvalue weighted by atomic mass is 32.2. The average molecular weight is 472 g/mol. The van der Waals surface area contributed by atoms with Crippen molar-refractivity contribution in [3.05, 3.63) is 113 Å². The molecule has 3 nitrogen and oxygen atoms in total. The standard InChI is InChI=1S/C31H25N3S/c1-21-13-16-31-29(17-21)34(28-11-4-5-12-30(28)35-31)25-8-6-7-22(18-25)26-9-2-3-10-27(26)23-14-15-24(19-32)33-20-23/h2-16,18,21,23H,17,20H2,1H3/t21-,23?/m1/s1. The van der Waals surface area contributed by atoms with E-state index in [2.05, 4.69) is 114 Å². The quantitative estimate of drug-likeness (QED) is 0.388. The predicted molar refractivity (Wildman–Crippen MR) is 146 cm³/mol. The third kappa shape index (κ3) is 4.03. The van der Waals surface area contributed by atoms with E-state index in [-0.39, 0.29) is 5.92 Å². The Labute approximate surface area is 210 Å². The Morgan fingerprint density at radius 1 is 0.971 bits per heavy atom. The lowest BCUT2D eigenvalue weighted by molar-refractivity contribution is 0.692. The van der Waals surface area contributed by atoms with Gasteiger partial charge >= 0.3 is 0 Å². The fraction of sp³-hybridized carbons (Fsp3) is 0.161. The second-order valence-corrected chi connectivity index (χ2v) is 10.3. The van der Waals surface area contributed by atoms with Crippen LogP contribution in [0.3, 0.4) is 0 Å². The van der Waals surface area contributed by atoms with Gasteiger partial charge in [-0.2, -0.15) is 5.26 Å². The van der Waals surface area contributed by atoms with Gasteiger partial charge in [0.25, 0.3) is 0 Å². The second-order valence-electron chi connectivity index (χ2n) is 9.20. The van der Waals surface area contributed by atoms with Crippen molar-refractivity contribution in [3.63, 3.8) is 0 Å². The van der Waals surface area contributed by atoms with Crippen LogP contribution in [0.5, 0.6) is 0 Å². The van der Waals surface area contributed by atoms with Gasteiger partial charge in [-0.25, -0.2) is 0 Å². The van der Waals surface area contributed by atoms with Crippen LogP contribution in [0.15, 0.2) is 118 Å². The van der Waals surface area contributed by atoms with Crippen LogP contribution in [0.2, 0.25) is 0 Å². The van der Waals surface area contributed by atoms with E-state index in [1.54, 1.807) is 0 Å². The number of aliphatic imine (C=N–C) groups is 1. The van der Waals surface area contributed by atoms with Gasteiger partial charge in [0.15, 0.2) is 0 Å². The number of nitriles is 1. The van der Waals surface area contributed by atoms with Crippen LogP contribution < -0.4 is 4.90 Å². The van der Waals surface area contributed by atoms with Crippen LogP contribution in [0.1, 0.15) is 24.8 Å². The Hall–Kier alpha value is -3.81. The Morgan fingerprint density at radius 3 is 2.69 bits per heavy atom. The molecule has 0 radical (unpaired) electrons. The molecule has 0 saturated carbocycles. The number of hydrogen-bond donors (Lipinski definition) is 0. The van der Waals surface area contributed by atoms with Crippen molar-refractivity contribution < 1.29 is 0 Å². The fourth-order valence-electron chi connectivity index (χ4n) is 5.09. The molecule has 3 aromatic rings. The van der Waals surface area contributed by atoms with Gasteiger partial charge in [0.05, 0.1) is 12.2 Å². The molecule has 0 fully saturated rings. The molecule has 1 unspecified atom stereocenters. The monoisotopic (exact) mass is 471 g/mol. The number of hydrogen-bond acceptors (Lipinski definition) is 4. The van der Waals surface area contributed by atoms with Crippen LogP contribution in [0.4, 0.5) is 11.4 Å². The minimum Gasteiger partial charge on any atom is -0.312 e. The Balaban J connectivity index is 1.44. The predicted octanol–water partition coefficient (Wildman–Crippen LogP) is 8.02. The van der Waals surface area contributed by atoms with Crippen LogP contribution in [-0.2, 0) is 0 Å². The molecule has 35 heavy (non-hydrogen) atoms. The van der Waals surface area contributed by atoms with E-state index in [0.717, 1.165) is 6.42 Å². The summed E-state index contributed by atoms with van der Waals surface area (Å²) in [6, 6.07) is 28.3. The number of allylic oxidation sites excluding steroid dienone is 4. The third-order valence-electron chi connectivity index (χ3n) is 6.81. The minimum absolute atomic E-state index is 0.165. The molecule has 0 saturated heterocycles. The van der Waals surface area contributed by atoms with Gasteiger partial charge in [0.2, 0.25) is 0 Å². The third-order valence-corrected chi connectivity index (χ3v) is 7.96. The summed E-state index contributed by atoms with van der Waals surface area (Å²) in [6.07, 6.45) is 9.60. The zero-order chi connectivity index (χ0) is 23.8. The zero-order valence-electron chi connectivity index (χ0n) is 19.6. The SMILES string of the molecule is C[C@@H]1C=CC2=C(C1)N(c1cccc(-c3ccccc3C3C=CC(C#N)=NC3)c1)c1ccccc1S2. The molecule has 0 bridgehead atoms. The van der Waals surface area contributed by atoms with Gasteiger partial charge in [0, 0.05) is 27.1 Å². The number of anilines is 2. The van der Waals surface area contributed by atoms with E-state index in [4.69, 9.17) is 5.26 Å². The van der Waals surface area contributed by atoms with Crippen molar-refractivity contribution in [2.45, 2.75) is 24.2 Å². The summed E-state index contributed by atoms with van der Waals surface area (Å²) < 4.78 is 0. The van der Waals surface area contributed by atoms with Crippen LogP contribution in [-0.4, -0.2) is 12.3 Å². The summed E-state index contributed by atoms with van der Waals surface area (Å²) in [6.45, 7) is 2.89. The zero-order valence-corrected chi connectivity index (χ0v) is 20.4. The van der Waals surface area contributed by atoms with Crippen LogP contribution >= 0.6 is 11.8 Å². The number of thioether (sulfide) groups is 1.